The number of hydrogen-bond acceptors (Lipinski definition) is 6. The van der Waals surface area contributed by atoms with E-state index in [1.807, 2.05) is 6.07 Å². The van der Waals surface area contributed by atoms with Gasteiger partial charge in [-0.1, -0.05) is 28.4 Å². The molecule has 0 atom stereocenters. The van der Waals surface area contributed by atoms with Crippen LogP contribution in [0.5, 0.6) is 0 Å². The molecule has 3 aromatic rings. The highest BCUT2D eigenvalue weighted by molar-refractivity contribution is 6.39. The summed E-state index contributed by atoms with van der Waals surface area (Å²) in [6.45, 7) is 5.67. The van der Waals surface area contributed by atoms with Gasteiger partial charge in [-0.2, -0.15) is 0 Å². The molecule has 3 aliphatic heterocycles. The zero-order valence-electron chi connectivity index (χ0n) is 18.7. The molecular weight excluding hydrogens is 479 g/mol. The van der Waals surface area contributed by atoms with Crippen molar-refractivity contribution in [3.05, 3.63) is 55.0 Å². The van der Waals surface area contributed by atoms with E-state index in [0.29, 0.717) is 50.8 Å². The Hall–Kier alpha value is -2.55. The lowest BCUT2D eigenvalue weighted by Gasteiger charge is -2.53. The number of aromatic nitrogens is 2. The zero-order valence-corrected chi connectivity index (χ0v) is 20.3. The lowest BCUT2D eigenvalue weighted by atomic mass is 9.73. The number of amides is 1. The predicted molar refractivity (Wildman–Crippen MR) is 129 cm³/mol. The van der Waals surface area contributed by atoms with Crippen LogP contribution in [0.4, 0.5) is 5.69 Å². The molecule has 0 radical (unpaired) electrons. The molecule has 10 heteroatoms. The maximum absolute atomic E-state index is 13.6. The van der Waals surface area contributed by atoms with E-state index in [9.17, 15) is 9.59 Å². The van der Waals surface area contributed by atoms with Crippen molar-refractivity contribution >= 4 is 45.8 Å². The number of aromatic amines is 1. The van der Waals surface area contributed by atoms with Gasteiger partial charge in [0.25, 0.3) is 11.5 Å². The van der Waals surface area contributed by atoms with E-state index in [-0.39, 0.29) is 23.4 Å². The largest absolute Gasteiger partial charge is 0.381 e. The van der Waals surface area contributed by atoms with E-state index in [0.717, 1.165) is 50.4 Å². The van der Waals surface area contributed by atoms with Gasteiger partial charge in [0, 0.05) is 48.8 Å². The van der Waals surface area contributed by atoms with E-state index in [4.69, 9.17) is 32.5 Å². The minimum atomic E-state index is -0.257. The lowest BCUT2D eigenvalue weighted by Crippen LogP contribution is -2.58. The van der Waals surface area contributed by atoms with Crippen LogP contribution in [0.25, 0.3) is 11.0 Å². The van der Waals surface area contributed by atoms with Crippen LogP contribution in [0.3, 0.4) is 0 Å². The van der Waals surface area contributed by atoms with Crippen molar-refractivity contribution in [3.63, 3.8) is 0 Å². The van der Waals surface area contributed by atoms with Crippen LogP contribution in [0.15, 0.2) is 21.6 Å². The summed E-state index contributed by atoms with van der Waals surface area (Å²) in [5.74, 6) is -0.221. The number of nitrogens with one attached hydrogen (secondary N) is 1. The summed E-state index contributed by atoms with van der Waals surface area (Å²) in [6.07, 6.45) is 4.16. The summed E-state index contributed by atoms with van der Waals surface area (Å²) in [5, 5.41) is 5.44. The van der Waals surface area contributed by atoms with E-state index in [1.54, 1.807) is 11.8 Å². The molecule has 2 fully saturated rings. The van der Waals surface area contributed by atoms with Gasteiger partial charge in [-0.3, -0.25) is 9.59 Å². The normalized spacial score (nSPS) is 19.6. The number of H-pyrrole nitrogens is 1. The highest BCUT2D eigenvalue weighted by Gasteiger charge is 2.45. The number of halogens is 2. The van der Waals surface area contributed by atoms with Gasteiger partial charge in [-0.15, -0.1) is 0 Å². The Labute approximate surface area is 205 Å². The fourth-order valence-corrected chi connectivity index (χ4v) is 6.22. The van der Waals surface area contributed by atoms with E-state index >= 15 is 0 Å². The Morgan fingerprint density at radius 3 is 2.74 bits per heavy atom. The third kappa shape index (κ3) is 3.34. The van der Waals surface area contributed by atoms with Crippen LogP contribution in [0, 0.1) is 12.3 Å². The molecule has 1 aromatic carbocycles. The van der Waals surface area contributed by atoms with E-state index in [2.05, 4.69) is 15.0 Å². The van der Waals surface area contributed by atoms with Crippen molar-refractivity contribution in [3.8, 4) is 0 Å². The van der Waals surface area contributed by atoms with E-state index in [1.165, 1.54) is 6.20 Å². The van der Waals surface area contributed by atoms with Gasteiger partial charge in [0.05, 0.1) is 40.1 Å². The summed E-state index contributed by atoms with van der Waals surface area (Å²) in [4.78, 5) is 33.0. The van der Waals surface area contributed by atoms with Gasteiger partial charge in [0.15, 0.2) is 5.58 Å². The predicted octanol–water partition coefficient (Wildman–Crippen LogP) is 3.95. The average molecular weight is 503 g/mol. The maximum Gasteiger partial charge on any atom is 0.256 e. The van der Waals surface area contributed by atoms with Crippen LogP contribution >= 0.6 is 23.2 Å². The molecule has 2 aromatic heterocycles. The molecule has 2 saturated heterocycles. The smallest absolute Gasteiger partial charge is 0.256 e. The highest BCUT2D eigenvalue weighted by atomic mass is 35.5. The standard InChI is InChI=1S/C24H24Cl2N4O4/c1-13-21-15(9-27-34-21)16(22(31)28-13)10-29-5-2-14-17(25)8-18(20(26)19(14)23(29)32)30-11-24(12-30)3-6-33-7-4-24/h8-9H,2-7,10-12H2,1H3,(H,28,31). The van der Waals surface area contributed by atoms with E-state index < -0.39 is 0 Å². The molecule has 8 nitrogen and oxygen atoms in total. The molecule has 0 saturated carbocycles. The number of hydrogen-bond donors (Lipinski definition) is 1. The molecule has 3 aliphatic rings. The molecule has 178 valence electrons. The third-order valence-electron chi connectivity index (χ3n) is 7.54. The molecule has 1 N–H and O–H groups in total. The number of anilines is 1. The van der Waals surface area contributed by atoms with Crippen molar-refractivity contribution in [2.45, 2.75) is 32.7 Å². The SMILES string of the molecule is Cc1[nH]c(=O)c(CN2CCc3c(Cl)cc(N4CC5(CCOCC5)C4)c(Cl)c3C2=O)c2cnoc12. The Kier molecular flexibility index (Phi) is 5.17. The van der Waals surface area contributed by atoms with Crippen LogP contribution in [-0.2, 0) is 17.7 Å². The summed E-state index contributed by atoms with van der Waals surface area (Å²) in [5.41, 5.74) is 3.58. The van der Waals surface area contributed by atoms with Crippen molar-refractivity contribution in [2.75, 3.05) is 37.7 Å². The molecule has 0 aliphatic carbocycles. The summed E-state index contributed by atoms with van der Waals surface area (Å²) >= 11 is 13.5. The molecular formula is C24H24Cl2N4O4. The maximum atomic E-state index is 13.6. The number of fused-ring (bicyclic) bond motifs is 2. The minimum absolute atomic E-state index is 0.136. The molecule has 1 amide bonds. The molecule has 34 heavy (non-hydrogen) atoms. The summed E-state index contributed by atoms with van der Waals surface area (Å²) in [7, 11) is 0. The number of benzene rings is 1. The summed E-state index contributed by atoms with van der Waals surface area (Å²) in [6, 6.07) is 1.89. The van der Waals surface area contributed by atoms with Crippen molar-refractivity contribution in [2.24, 2.45) is 5.41 Å². The topological polar surface area (TPSA) is 91.7 Å². The van der Waals surface area contributed by atoms with Crippen molar-refractivity contribution in [1.82, 2.24) is 15.0 Å². The monoisotopic (exact) mass is 502 g/mol. The van der Waals surface area contributed by atoms with Crippen molar-refractivity contribution < 1.29 is 14.1 Å². The number of carbonyl (C=O) groups is 1. The third-order valence-corrected chi connectivity index (χ3v) is 8.26. The minimum Gasteiger partial charge on any atom is -0.381 e. The van der Waals surface area contributed by atoms with Crippen LogP contribution in [0.1, 0.15) is 40.0 Å². The quantitative estimate of drug-likeness (QED) is 0.582. The molecule has 5 heterocycles. The lowest BCUT2D eigenvalue weighted by molar-refractivity contribution is -0.000187. The average Bonchev–Trinajstić information content (AvgIpc) is 3.29. The number of nitrogens with zero attached hydrogens (tertiary/aromatic N) is 3. The second-order valence-corrected chi connectivity index (χ2v) is 10.4. The van der Waals surface area contributed by atoms with Crippen molar-refractivity contribution in [1.29, 1.82) is 0 Å². The number of ether oxygens (including phenoxy) is 1. The fraction of sp³-hybridized carbons (Fsp3) is 0.458. The first-order valence-electron chi connectivity index (χ1n) is 11.5. The van der Waals surface area contributed by atoms with Gasteiger partial charge >= 0.3 is 0 Å². The second-order valence-electron chi connectivity index (χ2n) is 9.62. The fourth-order valence-electron chi connectivity index (χ4n) is 5.56. The van der Waals surface area contributed by atoms with Gasteiger partial charge in [0.1, 0.15) is 0 Å². The highest BCUT2D eigenvalue weighted by Crippen LogP contribution is 2.47. The van der Waals surface area contributed by atoms with Gasteiger partial charge in [-0.05, 0) is 37.8 Å². The van der Waals surface area contributed by atoms with Crippen LogP contribution in [-0.4, -0.2) is 53.8 Å². The molecule has 1 spiro atoms. The first kappa shape index (κ1) is 21.9. The van der Waals surface area contributed by atoms with Crippen LogP contribution in [0.2, 0.25) is 10.0 Å². The second kappa shape index (κ2) is 8.00. The molecule has 6 rings (SSSR count). The van der Waals surface area contributed by atoms with Gasteiger partial charge in [0.2, 0.25) is 0 Å². The Morgan fingerprint density at radius 1 is 1.21 bits per heavy atom. The summed E-state index contributed by atoms with van der Waals surface area (Å²) < 4.78 is 10.8. The zero-order chi connectivity index (χ0) is 23.6. The number of pyridine rings is 1. The van der Waals surface area contributed by atoms with Crippen LogP contribution < -0.4 is 10.5 Å². The first-order chi connectivity index (χ1) is 16.4. The Bertz CT molecular complexity index is 1370. The number of carbonyl (C=O) groups excluding carboxylic acids is 1. The Balaban J connectivity index is 1.32. The number of rotatable bonds is 3. The molecule has 0 unspecified atom stereocenters. The van der Waals surface area contributed by atoms with Gasteiger partial charge < -0.3 is 24.0 Å². The Morgan fingerprint density at radius 2 is 1.97 bits per heavy atom. The first-order valence-corrected chi connectivity index (χ1v) is 12.2. The number of aryl methyl sites for hydroxylation is 1. The molecule has 0 bridgehead atoms. The van der Waals surface area contributed by atoms with Gasteiger partial charge in [-0.25, -0.2) is 0 Å².